The SMILES string of the molecule is COC(=O)C(CC=O)c1ccc(Cl)c(Cl)c1. The van der Waals surface area contributed by atoms with Crippen molar-refractivity contribution in [1.82, 2.24) is 0 Å². The molecule has 1 unspecified atom stereocenters. The smallest absolute Gasteiger partial charge is 0.313 e. The summed E-state index contributed by atoms with van der Waals surface area (Å²) in [5.74, 6) is -1.09. The van der Waals surface area contributed by atoms with Gasteiger partial charge < -0.3 is 9.53 Å². The predicted molar refractivity (Wildman–Crippen MR) is 61.9 cm³/mol. The molecule has 0 saturated heterocycles. The molecule has 0 N–H and O–H groups in total. The van der Waals surface area contributed by atoms with Crippen LogP contribution in [0.25, 0.3) is 0 Å². The highest BCUT2D eigenvalue weighted by atomic mass is 35.5. The van der Waals surface area contributed by atoms with Crippen molar-refractivity contribution in [3.8, 4) is 0 Å². The summed E-state index contributed by atoms with van der Waals surface area (Å²) in [4.78, 5) is 21.9. The van der Waals surface area contributed by atoms with Crippen LogP contribution in [0.5, 0.6) is 0 Å². The maximum atomic E-state index is 11.4. The Bertz CT molecular complexity index is 404. The Morgan fingerprint density at radius 1 is 1.44 bits per heavy atom. The van der Waals surface area contributed by atoms with E-state index in [-0.39, 0.29) is 6.42 Å². The molecule has 16 heavy (non-hydrogen) atoms. The van der Waals surface area contributed by atoms with Crippen LogP contribution in [0.4, 0.5) is 0 Å². The molecule has 0 radical (unpaired) electrons. The number of carbonyl (C=O) groups is 2. The molecule has 0 aliphatic rings. The Labute approximate surface area is 103 Å². The summed E-state index contributed by atoms with van der Waals surface area (Å²) < 4.78 is 4.62. The van der Waals surface area contributed by atoms with Crippen LogP contribution in [0.15, 0.2) is 18.2 Å². The molecule has 0 amide bonds. The van der Waals surface area contributed by atoms with Gasteiger partial charge in [0.1, 0.15) is 6.29 Å². The van der Waals surface area contributed by atoms with Gasteiger partial charge in [0, 0.05) is 6.42 Å². The van der Waals surface area contributed by atoms with Crippen molar-refractivity contribution in [1.29, 1.82) is 0 Å². The van der Waals surface area contributed by atoms with E-state index < -0.39 is 11.9 Å². The van der Waals surface area contributed by atoms with Crippen molar-refractivity contribution < 1.29 is 14.3 Å². The lowest BCUT2D eigenvalue weighted by Crippen LogP contribution is -2.14. The molecule has 0 spiro atoms. The van der Waals surface area contributed by atoms with Crippen molar-refractivity contribution in [2.75, 3.05) is 7.11 Å². The fraction of sp³-hybridized carbons (Fsp3) is 0.273. The third-order valence-corrected chi connectivity index (χ3v) is 2.90. The van der Waals surface area contributed by atoms with Gasteiger partial charge in [0.05, 0.1) is 23.1 Å². The van der Waals surface area contributed by atoms with Gasteiger partial charge in [0.2, 0.25) is 0 Å². The first kappa shape index (κ1) is 13.0. The van der Waals surface area contributed by atoms with Crippen LogP contribution in [-0.4, -0.2) is 19.4 Å². The van der Waals surface area contributed by atoms with Crippen LogP contribution in [0.2, 0.25) is 10.0 Å². The zero-order valence-electron chi connectivity index (χ0n) is 8.57. The normalized spacial score (nSPS) is 11.9. The molecule has 5 heteroatoms. The Balaban J connectivity index is 3.05. The van der Waals surface area contributed by atoms with E-state index in [1.54, 1.807) is 18.2 Å². The summed E-state index contributed by atoms with van der Waals surface area (Å²) in [5.41, 5.74) is 0.619. The van der Waals surface area contributed by atoms with E-state index in [2.05, 4.69) is 4.74 Å². The topological polar surface area (TPSA) is 43.4 Å². The van der Waals surface area contributed by atoms with E-state index in [1.807, 2.05) is 0 Å². The van der Waals surface area contributed by atoms with Crippen molar-refractivity contribution in [2.45, 2.75) is 12.3 Å². The largest absolute Gasteiger partial charge is 0.469 e. The van der Waals surface area contributed by atoms with Gasteiger partial charge in [-0.05, 0) is 17.7 Å². The lowest BCUT2D eigenvalue weighted by Gasteiger charge is -2.12. The van der Waals surface area contributed by atoms with E-state index in [0.717, 1.165) is 0 Å². The fourth-order valence-corrected chi connectivity index (χ4v) is 1.64. The monoisotopic (exact) mass is 260 g/mol. The maximum absolute atomic E-state index is 11.4. The zero-order chi connectivity index (χ0) is 12.1. The molecule has 0 aromatic heterocycles. The molecule has 0 heterocycles. The highest BCUT2D eigenvalue weighted by molar-refractivity contribution is 6.42. The van der Waals surface area contributed by atoms with Crippen molar-refractivity contribution in [3.63, 3.8) is 0 Å². The molecule has 0 saturated carbocycles. The third kappa shape index (κ3) is 2.97. The molecule has 1 aromatic rings. The van der Waals surface area contributed by atoms with Gasteiger partial charge in [-0.25, -0.2) is 0 Å². The summed E-state index contributed by atoms with van der Waals surface area (Å²) in [6.07, 6.45) is 0.731. The number of esters is 1. The molecule has 1 rings (SSSR count). The first-order valence-corrected chi connectivity index (χ1v) is 5.32. The number of ether oxygens (including phenoxy) is 1. The Kier molecular flexibility index (Phi) is 4.77. The van der Waals surface area contributed by atoms with E-state index in [4.69, 9.17) is 23.2 Å². The molecule has 1 atom stereocenters. The van der Waals surface area contributed by atoms with Gasteiger partial charge in [-0.2, -0.15) is 0 Å². The molecule has 3 nitrogen and oxygen atoms in total. The van der Waals surface area contributed by atoms with Gasteiger partial charge in [0.15, 0.2) is 0 Å². The first-order valence-electron chi connectivity index (χ1n) is 4.56. The first-order chi connectivity index (χ1) is 7.60. The third-order valence-electron chi connectivity index (χ3n) is 2.16. The maximum Gasteiger partial charge on any atom is 0.313 e. The average molecular weight is 261 g/mol. The number of hydrogen-bond acceptors (Lipinski definition) is 3. The van der Waals surface area contributed by atoms with E-state index in [9.17, 15) is 9.59 Å². The zero-order valence-corrected chi connectivity index (χ0v) is 10.1. The summed E-state index contributed by atoms with van der Waals surface area (Å²) >= 11 is 11.6. The number of rotatable bonds is 4. The second kappa shape index (κ2) is 5.87. The van der Waals surface area contributed by atoms with Gasteiger partial charge in [-0.3, -0.25) is 4.79 Å². The second-order valence-electron chi connectivity index (χ2n) is 3.15. The molecular weight excluding hydrogens is 251 g/mol. The van der Waals surface area contributed by atoms with E-state index in [0.29, 0.717) is 21.9 Å². The fourth-order valence-electron chi connectivity index (χ4n) is 1.34. The summed E-state index contributed by atoms with van der Waals surface area (Å²) in [6.45, 7) is 0. The van der Waals surface area contributed by atoms with Crippen LogP contribution in [0.3, 0.4) is 0 Å². The highest BCUT2D eigenvalue weighted by Gasteiger charge is 2.21. The van der Waals surface area contributed by atoms with Crippen LogP contribution < -0.4 is 0 Å². The van der Waals surface area contributed by atoms with Gasteiger partial charge in [-0.1, -0.05) is 29.3 Å². The molecule has 0 aliphatic carbocycles. The Hall–Kier alpha value is -1.06. The number of hydrogen-bond donors (Lipinski definition) is 0. The van der Waals surface area contributed by atoms with Crippen LogP contribution in [-0.2, 0) is 14.3 Å². The summed E-state index contributed by atoms with van der Waals surface area (Å²) in [5, 5.41) is 0.749. The minimum Gasteiger partial charge on any atom is -0.469 e. The lowest BCUT2D eigenvalue weighted by atomic mass is 9.96. The molecule has 0 bridgehead atoms. The summed E-state index contributed by atoms with van der Waals surface area (Å²) in [7, 11) is 1.28. The average Bonchev–Trinajstić information content (AvgIpc) is 2.29. The number of methoxy groups -OCH3 is 1. The Morgan fingerprint density at radius 2 is 2.12 bits per heavy atom. The minimum atomic E-state index is -0.628. The minimum absolute atomic E-state index is 0.0602. The molecule has 86 valence electrons. The van der Waals surface area contributed by atoms with Crippen molar-refractivity contribution >= 4 is 35.5 Å². The second-order valence-corrected chi connectivity index (χ2v) is 3.97. The van der Waals surface area contributed by atoms with Crippen LogP contribution in [0.1, 0.15) is 17.9 Å². The number of halogens is 2. The molecule has 1 aromatic carbocycles. The lowest BCUT2D eigenvalue weighted by molar-refractivity contribution is -0.143. The molecule has 0 fully saturated rings. The van der Waals surface area contributed by atoms with Gasteiger partial charge >= 0.3 is 5.97 Å². The van der Waals surface area contributed by atoms with Crippen molar-refractivity contribution in [2.24, 2.45) is 0 Å². The number of carbonyl (C=O) groups excluding carboxylic acids is 2. The van der Waals surface area contributed by atoms with Crippen LogP contribution in [0, 0.1) is 0 Å². The summed E-state index contributed by atoms with van der Waals surface area (Å²) in [6, 6.07) is 4.80. The van der Waals surface area contributed by atoms with E-state index in [1.165, 1.54) is 7.11 Å². The van der Waals surface area contributed by atoms with Gasteiger partial charge in [0.25, 0.3) is 0 Å². The predicted octanol–water partition coefficient (Wildman–Crippen LogP) is 2.84. The van der Waals surface area contributed by atoms with Crippen molar-refractivity contribution in [3.05, 3.63) is 33.8 Å². The number of aldehydes is 1. The quantitative estimate of drug-likeness (QED) is 0.618. The van der Waals surface area contributed by atoms with Gasteiger partial charge in [-0.15, -0.1) is 0 Å². The standard InChI is InChI=1S/C11H10Cl2O3/c1-16-11(15)8(4-5-14)7-2-3-9(12)10(13)6-7/h2-3,5-6,8H,4H2,1H3. The molecule has 0 aliphatic heterocycles. The highest BCUT2D eigenvalue weighted by Crippen LogP contribution is 2.28. The Morgan fingerprint density at radius 3 is 2.62 bits per heavy atom. The van der Waals surface area contributed by atoms with Crippen LogP contribution >= 0.6 is 23.2 Å². The number of benzene rings is 1. The van der Waals surface area contributed by atoms with E-state index >= 15 is 0 Å². The molecular formula is C11H10Cl2O3.